The van der Waals surface area contributed by atoms with Crippen molar-refractivity contribution in [2.75, 3.05) is 0 Å². The summed E-state index contributed by atoms with van der Waals surface area (Å²) in [5, 5.41) is 5.50. The van der Waals surface area contributed by atoms with Crippen LogP contribution in [0.3, 0.4) is 0 Å². The fourth-order valence-corrected chi connectivity index (χ4v) is 2.90. The average Bonchev–Trinajstić information content (AvgIpc) is 2.99. The van der Waals surface area contributed by atoms with E-state index >= 15 is 0 Å². The Morgan fingerprint density at radius 3 is 2.50 bits per heavy atom. The van der Waals surface area contributed by atoms with Gasteiger partial charge >= 0.3 is 0 Å². The van der Waals surface area contributed by atoms with Crippen molar-refractivity contribution in [3.8, 4) is 0 Å². The Bertz CT molecular complexity index is 1000. The molecular formula is C18H11BrN2O. The van der Waals surface area contributed by atoms with Crippen LogP contribution in [0.1, 0.15) is 15.9 Å². The maximum atomic E-state index is 12.7. The molecule has 22 heavy (non-hydrogen) atoms. The fraction of sp³-hybridized carbons (Fsp3) is 0. The van der Waals surface area contributed by atoms with Crippen molar-refractivity contribution in [1.82, 2.24) is 9.61 Å². The molecule has 0 unspecified atom stereocenters. The summed E-state index contributed by atoms with van der Waals surface area (Å²) in [6, 6.07) is 19.3. The van der Waals surface area contributed by atoms with Gasteiger partial charge in [0.15, 0.2) is 5.78 Å². The van der Waals surface area contributed by atoms with E-state index in [2.05, 4.69) is 21.0 Å². The van der Waals surface area contributed by atoms with Crippen LogP contribution in [0, 0.1) is 0 Å². The number of benzene rings is 2. The zero-order valence-electron chi connectivity index (χ0n) is 11.5. The smallest absolute Gasteiger partial charge is 0.196 e. The first-order chi connectivity index (χ1) is 10.7. The number of carbonyl (C=O) groups excluding carboxylic acids is 1. The van der Waals surface area contributed by atoms with Gasteiger partial charge in [-0.25, -0.2) is 4.52 Å². The highest BCUT2D eigenvalue weighted by Gasteiger charge is 2.15. The molecule has 4 rings (SSSR count). The summed E-state index contributed by atoms with van der Waals surface area (Å²) >= 11 is 3.38. The minimum atomic E-state index is -0.0159. The highest BCUT2D eigenvalue weighted by Crippen LogP contribution is 2.22. The molecule has 2 heterocycles. The second-order valence-electron chi connectivity index (χ2n) is 5.08. The second-order valence-corrected chi connectivity index (χ2v) is 6.00. The van der Waals surface area contributed by atoms with E-state index in [0.717, 1.165) is 20.9 Å². The van der Waals surface area contributed by atoms with Gasteiger partial charge in [0.2, 0.25) is 0 Å². The van der Waals surface area contributed by atoms with Crippen LogP contribution in [0.25, 0.3) is 16.4 Å². The lowest BCUT2D eigenvalue weighted by atomic mass is 10.0. The van der Waals surface area contributed by atoms with Crippen molar-refractivity contribution in [3.63, 3.8) is 0 Å². The molecule has 0 aliphatic carbocycles. The van der Waals surface area contributed by atoms with Crippen molar-refractivity contribution in [3.05, 3.63) is 82.5 Å². The normalized spacial score (nSPS) is 11.1. The van der Waals surface area contributed by atoms with Crippen LogP contribution in [0.4, 0.5) is 0 Å². The molecule has 0 bridgehead atoms. The minimum Gasteiger partial charge on any atom is -0.288 e. The lowest BCUT2D eigenvalue weighted by molar-refractivity contribution is 0.104. The quantitative estimate of drug-likeness (QED) is 0.499. The predicted molar refractivity (Wildman–Crippen MR) is 90.3 cm³/mol. The van der Waals surface area contributed by atoms with Crippen LogP contribution in [0.15, 0.2) is 71.3 Å². The number of carbonyl (C=O) groups is 1. The molecule has 3 nitrogen and oxygen atoms in total. The third-order valence-corrected chi connectivity index (χ3v) is 4.27. The van der Waals surface area contributed by atoms with Crippen LogP contribution in [0.5, 0.6) is 0 Å². The lowest BCUT2D eigenvalue weighted by Gasteiger charge is -2.03. The number of fused-ring (bicyclic) bond motifs is 3. The van der Waals surface area contributed by atoms with Gasteiger partial charge in [-0.2, -0.15) is 5.10 Å². The van der Waals surface area contributed by atoms with Crippen LogP contribution in [-0.2, 0) is 0 Å². The van der Waals surface area contributed by atoms with E-state index < -0.39 is 0 Å². The molecule has 106 valence electrons. The largest absolute Gasteiger partial charge is 0.288 e. The molecule has 0 N–H and O–H groups in total. The molecule has 2 aromatic carbocycles. The maximum absolute atomic E-state index is 12.7. The number of aromatic nitrogens is 2. The van der Waals surface area contributed by atoms with Crippen LogP contribution >= 0.6 is 15.9 Å². The van der Waals surface area contributed by atoms with Crippen molar-refractivity contribution in [1.29, 1.82) is 0 Å². The first-order valence-corrected chi connectivity index (χ1v) is 7.69. The van der Waals surface area contributed by atoms with Gasteiger partial charge in [-0.15, -0.1) is 0 Å². The summed E-state index contributed by atoms with van der Waals surface area (Å²) in [5.41, 5.74) is 3.10. The van der Waals surface area contributed by atoms with E-state index in [4.69, 9.17) is 0 Å². The number of halogens is 1. The van der Waals surface area contributed by atoms with Gasteiger partial charge in [0.05, 0.1) is 22.8 Å². The van der Waals surface area contributed by atoms with Crippen molar-refractivity contribution in [2.45, 2.75) is 0 Å². The standard InChI is InChI=1S/C18H11BrN2O/c19-14-8-5-13(6-9-14)18(22)15-11-20-21-16-4-2-1-3-12(16)7-10-17(15)21/h1-11H. The van der Waals surface area contributed by atoms with Gasteiger partial charge in [0.25, 0.3) is 0 Å². The molecule has 0 fully saturated rings. The SMILES string of the molecule is O=C(c1ccc(Br)cc1)c1cnn2c1ccc1ccccc12. The van der Waals surface area contributed by atoms with Gasteiger partial charge in [-0.1, -0.05) is 40.2 Å². The molecule has 0 radical (unpaired) electrons. The fourth-order valence-electron chi connectivity index (χ4n) is 2.63. The molecule has 0 spiro atoms. The van der Waals surface area contributed by atoms with E-state index in [1.165, 1.54) is 0 Å². The first-order valence-electron chi connectivity index (χ1n) is 6.90. The maximum Gasteiger partial charge on any atom is 0.196 e. The van der Waals surface area contributed by atoms with Crippen molar-refractivity contribution in [2.24, 2.45) is 0 Å². The highest BCUT2D eigenvalue weighted by molar-refractivity contribution is 9.10. The van der Waals surface area contributed by atoms with E-state index in [-0.39, 0.29) is 5.78 Å². The number of ketones is 1. The summed E-state index contributed by atoms with van der Waals surface area (Å²) in [6.45, 7) is 0. The molecule has 0 aliphatic heterocycles. The monoisotopic (exact) mass is 350 g/mol. The predicted octanol–water partition coefficient (Wildman–Crippen LogP) is 4.48. The summed E-state index contributed by atoms with van der Waals surface area (Å²) in [6.07, 6.45) is 1.64. The number of para-hydroxylation sites is 1. The molecule has 0 aliphatic rings. The molecule has 0 amide bonds. The van der Waals surface area contributed by atoms with E-state index in [0.29, 0.717) is 11.1 Å². The number of nitrogens with zero attached hydrogens (tertiary/aromatic N) is 2. The van der Waals surface area contributed by atoms with Crippen LogP contribution in [0.2, 0.25) is 0 Å². The molecule has 4 aromatic rings. The van der Waals surface area contributed by atoms with Gasteiger partial charge in [-0.05, 0) is 36.4 Å². The van der Waals surface area contributed by atoms with E-state index in [9.17, 15) is 4.79 Å². The second kappa shape index (κ2) is 5.07. The van der Waals surface area contributed by atoms with Crippen molar-refractivity contribution >= 4 is 38.1 Å². The Kier molecular flexibility index (Phi) is 3.05. The molecule has 0 saturated carbocycles. The zero-order valence-corrected chi connectivity index (χ0v) is 13.1. The third kappa shape index (κ3) is 2.04. The summed E-state index contributed by atoms with van der Waals surface area (Å²) in [5.74, 6) is -0.0159. The molecule has 4 heteroatoms. The van der Waals surface area contributed by atoms with Crippen molar-refractivity contribution < 1.29 is 4.79 Å². The Morgan fingerprint density at radius 2 is 1.68 bits per heavy atom. The molecule has 2 aromatic heterocycles. The van der Waals surface area contributed by atoms with Crippen LogP contribution < -0.4 is 0 Å². The highest BCUT2D eigenvalue weighted by atomic mass is 79.9. The summed E-state index contributed by atoms with van der Waals surface area (Å²) in [7, 11) is 0. The van der Waals surface area contributed by atoms with Crippen LogP contribution in [-0.4, -0.2) is 15.4 Å². The summed E-state index contributed by atoms with van der Waals surface area (Å²) < 4.78 is 2.77. The van der Waals surface area contributed by atoms with E-state index in [1.807, 2.05) is 65.2 Å². The Balaban J connectivity index is 1.90. The summed E-state index contributed by atoms with van der Waals surface area (Å²) in [4.78, 5) is 12.7. The lowest BCUT2D eigenvalue weighted by Crippen LogP contribution is -2.00. The minimum absolute atomic E-state index is 0.0159. The van der Waals surface area contributed by atoms with Gasteiger partial charge in [0, 0.05) is 15.4 Å². The van der Waals surface area contributed by atoms with Gasteiger partial charge in [-0.3, -0.25) is 4.79 Å². The number of pyridine rings is 1. The number of hydrogen-bond acceptors (Lipinski definition) is 2. The first kappa shape index (κ1) is 13.2. The Hall–Kier alpha value is -2.46. The third-order valence-electron chi connectivity index (χ3n) is 3.74. The zero-order chi connectivity index (χ0) is 15.1. The molecule has 0 atom stereocenters. The average molecular weight is 351 g/mol. The molecule has 0 saturated heterocycles. The number of hydrogen-bond donors (Lipinski definition) is 0. The number of rotatable bonds is 2. The van der Waals surface area contributed by atoms with Gasteiger partial charge < -0.3 is 0 Å². The van der Waals surface area contributed by atoms with Gasteiger partial charge in [0.1, 0.15) is 0 Å². The molecular weight excluding hydrogens is 340 g/mol. The Labute approximate surface area is 135 Å². The Morgan fingerprint density at radius 1 is 0.909 bits per heavy atom. The van der Waals surface area contributed by atoms with E-state index in [1.54, 1.807) is 6.20 Å². The topological polar surface area (TPSA) is 34.4 Å².